The second-order valence-corrected chi connectivity index (χ2v) is 5.99. The van der Waals surface area contributed by atoms with E-state index in [4.69, 9.17) is 9.72 Å². The zero-order valence-electron chi connectivity index (χ0n) is 12.2. The number of rotatable bonds is 1. The van der Waals surface area contributed by atoms with E-state index in [1.807, 2.05) is 31.2 Å². The average Bonchev–Trinajstić information content (AvgIpc) is 2.84. The summed E-state index contributed by atoms with van der Waals surface area (Å²) in [6.45, 7) is 2.54. The van der Waals surface area contributed by atoms with Gasteiger partial charge in [-0.2, -0.15) is 0 Å². The van der Waals surface area contributed by atoms with Crippen molar-refractivity contribution < 1.29 is 9.84 Å². The molecule has 4 rings (SSSR count). The molecule has 0 fully saturated rings. The number of benzene rings is 1. The van der Waals surface area contributed by atoms with Crippen LogP contribution in [0.4, 0.5) is 0 Å². The summed E-state index contributed by atoms with van der Waals surface area (Å²) in [6, 6.07) is 7.69. The molecule has 21 heavy (non-hydrogen) atoms. The molecule has 0 amide bonds. The maximum absolute atomic E-state index is 10.8. The molecule has 0 saturated heterocycles. The standard InChI is InChI=1S/C17H20N2O2/c1-11-18-13-7-3-4-8-14(13)19(11)15-10-21-16-9-5-2-6-12(16)17(15)20/h2,5-6,9,15,17,20H,3-4,7-8,10H2,1H3. The van der Waals surface area contributed by atoms with Gasteiger partial charge in [0.25, 0.3) is 0 Å². The Bertz CT molecular complexity index is 677. The van der Waals surface area contributed by atoms with E-state index >= 15 is 0 Å². The van der Waals surface area contributed by atoms with Crippen LogP contribution in [0.25, 0.3) is 0 Å². The third kappa shape index (κ3) is 1.97. The van der Waals surface area contributed by atoms with E-state index in [1.54, 1.807) is 0 Å². The lowest BCUT2D eigenvalue weighted by Gasteiger charge is -2.33. The number of aliphatic hydroxyl groups is 1. The maximum atomic E-state index is 10.8. The van der Waals surface area contributed by atoms with Gasteiger partial charge in [-0.15, -0.1) is 0 Å². The highest BCUT2D eigenvalue weighted by Crippen LogP contribution is 2.39. The fourth-order valence-corrected chi connectivity index (χ4v) is 3.68. The number of fused-ring (bicyclic) bond motifs is 2. The molecule has 4 heteroatoms. The number of hydrogen-bond donors (Lipinski definition) is 1. The number of nitrogens with zero attached hydrogens (tertiary/aromatic N) is 2. The van der Waals surface area contributed by atoms with Gasteiger partial charge in [0, 0.05) is 11.3 Å². The molecule has 4 nitrogen and oxygen atoms in total. The Labute approximate surface area is 124 Å². The zero-order chi connectivity index (χ0) is 14.4. The Hall–Kier alpha value is -1.81. The van der Waals surface area contributed by atoms with Crippen molar-refractivity contribution in [1.29, 1.82) is 0 Å². The molecule has 1 aliphatic heterocycles. The van der Waals surface area contributed by atoms with E-state index in [9.17, 15) is 5.11 Å². The minimum atomic E-state index is -0.533. The molecule has 1 aliphatic carbocycles. The number of aromatic nitrogens is 2. The predicted octanol–water partition coefficient (Wildman–Crippen LogP) is 2.74. The molecule has 2 unspecified atom stereocenters. The van der Waals surface area contributed by atoms with Crippen LogP contribution >= 0.6 is 0 Å². The van der Waals surface area contributed by atoms with Gasteiger partial charge in [0.15, 0.2) is 0 Å². The van der Waals surface area contributed by atoms with Gasteiger partial charge in [-0.25, -0.2) is 4.98 Å². The first-order chi connectivity index (χ1) is 10.3. The topological polar surface area (TPSA) is 47.3 Å². The van der Waals surface area contributed by atoms with Crippen LogP contribution in [0.15, 0.2) is 24.3 Å². The largest absolute Gasteiger partial charge is 0.491 e. The molecule has 1 aromatic carbocycles. The molecule has 0 saturated carbocycles. The van der Waals surface area contributed by atoms with Crippen LogP contribution in [-0.2, 0) is 12.8 Å². The average molecular weight is 284 g/mol. The van der Waals surface area contributed by atoms with Crippen molar-refractivity contribution >= 4 is 0 Å². The summed E-state index contributed by atoms with van der Waals surface area (Å²) >= 11 is 0. The van der Waals surface area contributed by atoms with Gasteiger partial charge in [0.05, 0.1) is 11.7 Å². The quantitative estimate of drug-likeness (QED) is 0.876. The highest BCUT2D eigenvalue weighted by atomic mass is 16.5. The van der Waals surface area contributed by atoms with Crippen LogP contribution in [0.3, 0.4) is 0 Å². The van der Waals surface area contributed by atoms with E-state index in [0.29, 0.717) is 6.61 Å². The van der Waals surface area contributed by atoms with Crippen LogP contribution < -0.4 is 4.74 Å². The van der Waals surface area contributed by atoms with Crippen LogP contribution in [0.1, 0.15) is 47.8 Å². The van der Waals surface area contributed by atoms with Gasteiger partial charge >= 0.3 is 0 Å². The lowest BCUT2D eigenvalue weighted by Crippen LogP contribution is -2.30. The number of hydrogen-bond acceptors (Lipinski definition) is 3. The van der Waals surface area contributed by atoms with Crippen molar-refractivity contribution in [2.75, 3.05) is 6.61 Å². The van der Waals surface area contributed by atoms with Gasteiger partial charge in [0.1, 0.15) is 24.3 Å². The Morgan fingerprint density at radius 1 is 1.24 bits per heavy atom. The SMILES string of the molecule is Cc1nc2c(n1C1COc3ccccc3C1O)CCCC2. The van der Waals surface area contributed by atoms with Gasteiger partial charge < -0.3 is 14.4 Å². The van der Waals surface area contributed by atoms with Crippen LogP contribution in [-0.4, -0.2) is 21.3 Å². The van der Waals surface area contributed by atoms with Crippen molar-refractivity contribution in [3.05, 3.63) is 47.0 Å². The molecule has 2 heterocycles. The van der Waals surface area contributed by atoms with Gasteiger partial charge in [-0.3, -0.25) is 0 Å². The van der Waals surface area contributed by atoms with E-state index in [0.717, 1.165) is 30.0 Å². The van der Waals surface area contributed by atoms with Gasteiger partial charge in [-0.05, 0) is 38.7 Å². The Balaban J connectivity index is 1.77. The maximum Gasteiger partial charge on any atom is 0.125 e. The van der Waals surface area contributed by atoms with Crippen molar-refractivity contribution in [2.45, 2.75) is 44.8 Å². The molecule has 0 radical (unpaired) electrons. The second kappa shape index (κ2) is 4.88. The van der Waals surface area contributed by atoms with Crippen LogP contribution in [0.5, 0.6) is 5.75 Å². The molecule has 2 aromatic rings. The molecule has 2 aliphatic rings. The highest BCUT2D eigenvalue weighted by Gasteiger charge is 2.33. The molecule has 110 valence electrons. The summed E-state index contributed by atoms with van der Waals surface area (Å²) in [4.78, 5) is 4.71. The van der Waals surface area contributed by atoms with E-state index in [1.165, 1.54) is 24.2 Å². The number of ether oxygens (including phenoxy) is 1. The van der Waals surface area contributed by atoms with E-state index < -0.39 is 6.10 Å². The Morgan fingerprint density at radius 3 is 2.95 bits per heavy atom. The summed E-state index contributed by atoms with van der Waals surface area (Å²) in [5.41, 5.74) is 3.39. The number of aliphatic hydroxyl groups excluding tert-OH is 1. The van der Waals surface area contributed by atoms with Crippen molar-refractivity contribution in [3.8, 4) is 5.75 Å². The predicted molar refractivity (Wildman–Crippen MR) is 79.5 cm³/mol. The van der Waals surface area contributed by atoms with Crippen molar-refractivity contribution in [1.82, 2.24) is 9.55 Å². The normalized spacial score (nSPS) is 24.1. The van der Waals surface area contributed by atoms with Gasteiger partial charge in [-0.1, -0.05) is 18.2 Å². The first-order valence-electron chi connectivity index (χ1n) is 7.72. The first kappa shape index (κ1) is 12.9. The second-order valence-electron chi connectivity index (χ2n) is 5.99. The monoisotopic (exact) mass is 284 g/mol. The first-order valence-corrected chi connectivity index (χ1v) is 7.72. The third-order valence-corrected chi connectivity index (χ3v) is 4.69. The molecule has 0 bridgehead atoms. The van der Waals surface area contributed by atoms with Gasteiger partial charge in [0.2, 0.25) is 0 Å². The number of imidazole rings is 1. The van der Waals surface area contributed by atoms with Crippen molar-refractivity contribution in [3.63, 3.8) is 0 Å². The summed E-state index contributed by atoms with van der Waals surface area (Å²) in [7, 11) is 0. The highest BCUT2D eigenvalue weighted by molar-refractivity contribution is 5.38. The summed E-state index contributed by atoms with van der Waals surface area (Å²) < 4.78 is 8.09. The molecule has 1 aromatic heterocycles. The lowest BCUT2D eigenvalue weighted by molar-refractivity contribution is 0.0544. The minimum absolute atomic E-state index is 0.0748. The molecule has 1 N–H and O–H groups in total. The van der Waals surface area contributed by atoms with Crippen LogP contribution in [0.2, 0.25) is 0 Å². The smallest absolute Gasteiger partial charge is 0.125 e. The zero-order valence-corrected chi connectivity index (χ0v) is 12.2. The van der Waals surface area contributed by atoms with Crippen molar-refractivity contribution in [2.24, 2.45) is 0 Å². The van der Waals surface area contributed by atoms with E-state index in [-0.39, 0.29) is 6.04 Å². The third-order valence-electron chi connectivity index (χ3n) is 4.69. The van der Waals surface area contributed by atoms with Crippen LogP contribution in [0, 0.1) is 6.92 Å². The Kier molecular flexibility index (Phi) is 3.00. The molecular weight excluding hydrogens is 264 g/mol. The fourth-order valence-electron chi connectivity index (χ4n) is 3.68. The molecular formula is C17H20N2O2. The fraction of sp³-hybridized carbons (Fsp3) is 0.471. The summed E-state index contributed by atoms with van der Waals surface area (Å²) in [5.74, 6) is 1.79. The van der Waals surface area contributed by atoms with E-state index in [2.05, 4.69) is 4.57 Å². The molecule has 0 spiro atoms. The minimum Gasteiger partial charge on any atom is -0.491 e. The summed E-state index contributed by atoms with van der Waals surface area (Å²) in [6.07, 6.45) is 4.01. The number of para-hydroxylation sites is 1. The number of aryl methyl sites for hydroxylation is 2. The lowest BCUT2D eigenvalue weighted by atomic mass is 9.96. The Morgan fingerprint density at radius 2 is 2.05 bits per heavy atom. The molecule has 2 atom stereocenters. The summed E-state index contributed by atoms with van der Waals surface area (Å²) in [5, 5.41) is 10.8.